The van der Waals surface area contributed by atoms with Gasteiger partial charge in [0.2, 0.25) is 0 Å². The third kappa shape index (κ3) is 3.49. The summed E-state index contributed by atoms with van der Waals surface area (Å²) in [5.41, 5.74) is 1.03. The Bertz CT molecular complexity index is 1250. The Labute approximate surface area is 178 Å². The largest absolute Gasteiger partial charge is 0.388 e. The maximum atomic E-state index is 10.1. The van der Waals surface area contributed by atoms with Gasteiger partial charge in [-0.3, -0.25) is 0 Å². The summed E-state index contributed by atoms with van der Waals surface area (Å²) in [7, 11) is 0. The second kappa shape index (κ2) is 7.78. The van der Waals surface area contributed by atoms with Crippen molar-refractivity contribution in [2.75, 3.05) is 18.0 Å². The van der Waals surface area contributed by atoms with Crippen molar-refractivity contribution >= 4 is 16.6 Å². The van der Waals surface area contributed by atoms with Gasteiger partial charge in [-0.15, -0.1) is 10.2 Å². The topological polar surface area (TPSA) is 112 Å². The number of piperidine rings is 1. The average Bonchev–Trinajstić information content (AvgIpc) is 3.33. The van der Waals surface area contributed by atoms with Crippen molar-refractivity contribution in [3.8, 4) is 17.7 Å². The molecule has 0 bridgehead atoms. The average molecular weight is 412 g/mol. The van der Waals surface area contributed by atoms with Crippen LogP contribution in [0.1, 0.15) is 24.2 Å². The van der Waals surface area contributed by atoms with Crippen molar-refractivity contribution in [3.05, 3.63) is 66.0 Å². The minimum atomic E-state index is -0.502. The second-order valence-corrected chi connectivity index (χ2v) is 7.69. The van der Waals surface area contributed by atoms with Crippen molar-refractivity contribution in [3.63, 3.8) is 0 Å². The fourth-order valence-corrected chi connectivity index (χ4v) is 4.10. The van der Waals surface area contributed by atoms with Crippen molar-refractivity contribution < 1.29 is 9.63 Å². The molecule has 1 N–H and O–H groups in total. The minimum absolute atomic E-state index is 0.207. The highest BCUT2D eigenvalue weighted by Crippen LogP contribution is 2.37. The number of benzene rings is 2. The van der Waals surface area contributed by atoms with Crippen molar-refractivity contribution in [1.82, 2.24) is 20.3 Å². The van der Waals surface area contributed by atoms with E-state index in [1.54, 1.807) is 6.07 Å². The molecule has 1 aliphatic heterocycles. The number of anilines is 1. The highest BCUT2D eigenvalue weighted by atomic mass is 16.5. The Hall–Kier alpha value is -3.83. The monoisotopic (exact) mass is 412 g/mol. The van der Waals surface area contributed by atoms with Gasteiger partial charge in [-0.05, 0) is 47.4 Å². The maximum Gasteiger partial charge on any atom is 0.278 e. The lowest BCUT2D eigenvalue weighted by Gasteiger charge is -2.38. The Morgan fingerprint density at radius 1 is 1.03 bits per heavy atom. The van der Waals surface area contributed by atoms with Crippen LogP contribution in [0.2, 0.25) is 0 Å². The molecule has 0 spiro atoms. The van der Waals surface area contributed by atoms with E-state index in [1.807, 2.05) is 18.2 Å². The van der Waals surface area contributed by atoms with Gasteiger partial charge < -0.3 is 14.5 Å². The van der Waals surface area contributed by atoms with Crippen LogP contribution in [-0.2, 0) is 12.0 Å². The molecule has 0 unspecified atom stereocenters. The zero-order valence-corrected chi connectivity index (χ0v) is 16.8. The number of nitrogens with zero attached hydrogens (tertiary/aromatic N) is 6. The van der Waals surface area contributed by atoms with Gasteiger partial charge in [-0.1, -0.05) is 41.6 Å². The quantitative estimate of drug-likeness (QED) is 0.544. The Morgan fingerprint density at radius 3 is 2.52 bits per heavy atom. The molecule has 0 radical (unpaired) electrons. The SMILES string of the molecule is N#CC1(c2ccc3ccccc3c2)CCN(c2ccc(-c3nc(CO)no3)nn2)CC1. The molecule has 0 aliphatic carbocycles. The van der Waals surface area contributed by atoms with Gasteiger partial charge in [0.05, 0.1) is 11.5 Å². The molecular weight excluding hydrogens is 392 g/mol. The first-order valence-electron chi connectivity index (χ1n) is 10.1. The Kier molecular flexibility index (Phi) is 4.81. The van der Waals surface area contributed by atoms with Crippen LogP contribution >= 0.6 is 0 Å². The van der Waals surface area contributed by atoms with Crippen molar-refractivity contribution in [2.24, 2.45) is 0 Å². The molecule has 0 amide bonds. The molecule has 5 rings (SSSR count). The highest BCUT2D eigenvalue weighted by molar-refractivity contribution is 5.83. The summed E-state index contributed by atoms with van der Waals surface area (Å²) < 4.78 is 5.08. The van der Waals surface area contributed by atoms with Crippen LogP contribution < -0.4 is 4.90 Å². The van der Waals surface area contributed by atoms with E-state index in [9.17, 15) is 5.26 Å². The van der Waals surface area contributed by atoms with E-state index in [4.69, 9.17) is 9.63 Å². The third-order valence-electron chi connectivity index (χ3n) is 5.94. The summed E-state index contributed by atoms with van der Waals surface area (Å²) in [6.07, 6.45) is 1.43. The van der Waals surface area contributed by atoms with Crippen LogP contribution in [0.15, 0.2) is 59.1 Å². The van der Waals surface area contributed by atoms with E-state index in [0.29, 0.717) is 18.8 Å². The van der Waals surface area contributed by atoms with Crippen molar-refractivity contribution in [2.45, 2.75) is 24.9 Å². The van der Waals surface area contributed by atoms with Gasteiger partial charge in [-0.2, -0.15) is 10.2 Å². The standard InChI is InChI=1S/C23H20N6O2/c24-15-23(18-6-5-16-3-1-2-4-17(16)13-18)9-11-29(12-10-23)21-8-7-19(26-27-21)22-25-20(14-30)28-31-22/h1-8,13,30H,9-12,14H2. The molecule has 1 aliphatic rings. The summed E-state index contributed by atoms with van der Waals surface area (Å²) in [6.45, 7) is 1.13. The van der Waals surface area contributed by atoms with Gasteiger partial charge in [-0.25, -0.2) is 0 Å². The van der Waals surface area contributed by atoms with Crippen LogP contribution in [0.5, 0.6) is 0 Å². The number of nitriles is 1. The van der Waals surface area contributed by atoms with Gasteiger partial charge in [0, 0.05) is 13.1 Å². The van der Waals surface area contributed by atoms with Gasteiger partial charge >= 0.3 is 0 Å². The predicted octanol–water partition coefficient (Wildman–Crippen LogP) is 3.23. The van der Waals surface area contributed by atoms with E-state index in [0.717, 1.165) is 29.6 Å². The van der Waals surface area contributed by atoms with Gasteiger partial charge in [0.15, 0.2) is 17.3 Å². The third-order valence-corrected chi connectivity index (χ3v) is 5.94. The molecular formula is C23H20N6O2. The summed E-state index contributed by atoms with van der Waals surface area (Å²) >= 11 is 0. The number of aliphatic hydroxyl groups is 1. The smallest absolute Gasteiger partial charge is 0.278 e. The van der Waals surface area contributed by atoms with Crippen LogP contribution in [0.3, 0.4) is 0 Å². The number of fused-ring (bicyclic) bond motifs is 1. The van der Waals surface area contributed by atoms with Crippen molar-refractivity contribution in [1.29, 1.82) is 5.26 Å². The molecule has 1 fully saturated rings. The summed E-state index contributed by atoms with van der Waals surface area (Å²) in [5.74, 6) is 1.18. The van der Waals surface area contributed by atoms with E-state index in [1.165, 1.54) is 5.39 Å². The molecule has 154 valence electrons. The molecule has 4 aromatic rings. The molecule has 8 nitrogen and oxygen atoms in total. The van der Waals surface area contributed by atoms with Crippen LogP contribution in [0, 0.1) is 11.3 Å². The number of aromatic nitrogens is 4. The molecule has 1 saturated heterocycles. The fraction of sp³-hybridized carbons (Fsp3) is 0.261. The Balaban J connectivity index is 1.33. The molecule has 31 heavy (non-hydrogen) atoms. The maximum absolute atomic E-state index is 10.1. The molecule has 8 heteroatoms. The predicted molar refractivity (Wildman–Crippen MR) is 114 cm³/mol. The van der Waals surface area contributed by atoms with Gasteiger partial charge in [0.25, 0.3) is 5.89 Å². The summed E-state index contributed by atoms with van der Waals surface area (Å²) in [6, 6.07) is 20.8. The van der Waals surface area contributed by atoms with Crippen LogP contribution in [-0.4, -0.2) is 38.5 Å². The molecule has 0 saturated carbocycles. The molecule has 0 atom stereocenters. The lowest BCUT2D eigenvalue weighted by molar-refractivity contribution is 0.264. The number of aliphatic hydroxyl groups excluding tert-OH is 1. The number of hydrogen-bond acceptors (Lipinski definition) is 8. The van der Waals surface area contributed by atoms with Crippen LogP contribution in [0.4, 0.5) is 5.82 Å². The zero-order valence-electron chi connectivity index (χ0n) is 16.8. The molecule has 3 heterocycles. The zero-order chi connectivity index (χ0) is 21.3. The van der Waals surface area contributed by atoms with Gasteiger partial charge in [0.1, 0.15) is 6.61 Å². The lowest BCUT2D eigenvalue weighted by Crippen LogP contribution is -2.42. The molecule has 2 aromatic carbocycles. The normalized spacial score (nSPS) is 15.7. The minimum Gasteiger partial charge on any atom is -0.388 e. The van der Waals surface area contributed by atoms with E-state index in [-0.39, 0.29) is 18.3 Å². The second-order valence-electron chi connectivity index (χ2n) is 7.69. The number of hydrogen-bond donors (Lipinski definition) is 1. The summed E-state index contributed by atoms with van der Waals surface area (Å²) in [4.78, 5) is 6.19. The Morgan fingerprint density at radius 2 is 1.84 bits per heavy atom. The molecule has 2 aromatic heterocycles. The van der Waals surface area contributed by atoms with E-state index >= 15 is 0 Å². The highest BCUT2D eigenvalue weighted by Gasteiger charge is 2.37. The van der Waals surface area contributed by atoms with E-state index in [2.05, 4.69) is 61.6 Å². The van der Waals surface area contributed by atoms with E-state index < -0.39 is 5.41 Å². The van der Waals surface area contributed by atoms with Crippen LogP contribution in [0.25, 0.3) is 22.4 Å². The fourth-order valence-electron chi connectivity index (χ4n) is 4.10. The first kappa shape index (κ1) is 19.2. The summed E-state index contributed by atoms with van der Waals surface area (Å²) in [5, 5.41) is 33.6. The lowest BCUT2D eigenvalue weighted by atomic mass is 9.73. The first-order valence-corrected chi connectivity index (χ1v) is 10.1. The first-order chi connectivity index (χ1) is 15.2. The number of rotatable bonds is 4.